The molecule has 14 heavy (non-hydrogen) atoms. The number of thioether (sulfide) groups is 1. The number of aromatic nitrogens is 1. The normalized spacial score (nSPS) is 15.3. The number of hydrogen-bond acceptors (Lipinski definition) is 4. The van der Waals surface area contributed by atoms with Gasteiger partial charge in [0.2, 0.25) is 0 Å². The van der Waals surface area contributed by atoms with Gasteiger partial charge in [-0.25, -0.2) is 4.98 Å². The van der Waals surface area contributed by atoms with Gasteiger partial charge in [-0.1, -0.05) is 0 Å². The molecule has 1 aliphatic rings. The van der Waals surface area contributed by atoms with Crippen molar-refractivity contribution in [3.05, 3.63) is 12.3 Å². The van der Waals surface area contributed by atoms with Crippen LogP contribution in [0.25, 0.3) is 0 Å². The minimum absolute atomic E-state index is 0.418. The lowest BCUT2D eigenvalue weighted by Crippen LogP contribution is -2.02. The molecule has 1 fully saturated rings. The van der Waals surface area contributed by atoms with Gasteiger partial charge in [0.05, 0.1) is 6.10 Å². The molecule has 0 spiro atoms. The van der Waals surface area contributed by atoms with Crippen LogP contribution in [0, 0.1) is 0 Å². The predicted octanol–water partition coefficient (Wildman–Crippen LogP) is 2.39. The molecule has 0 atom stereocenters. The van der Waals surface area contributed by atoms with Gasteiger partial charge in [-0.05, 0) is 25.2 Å². The molecule has 1 saturated carbocycles. The zero-order chi connectivity index (χ0) is 9.97. The lowest BCUT2D eigenvalue weighted by Gasteiger charge is -2.10. The lowest BCUT2D eigenvalue weighted by molar-refractivity contribution is 0.303. The summed E-state index contributed by atoms with van der Waals surface area (Å²) >= 11 is 1.68. The van der Waals surface area contributed by atoms with E-state index in [1.54, 1.807) is 11.8 Å². The van der Waals surface area contributed by atoms with Crippen LogP contribution in [-0.4, -0.2) is 24.4 Å². The van der Waals surface area contributed by atoms with Crippen molar-refractivity contribution in [3.8, 4) is 5.75 Å². The average molecular weight is 210 g/mol. The first-order chi connectivity index (χ1) is 6.83. The van der Waals surface area contributed by atoms with E-state index >= 15 is 0 Å². The highest BCUT2D eigenvalue weighted by Crippen LogP contribution is 2.32. The summed E-state index contributed by atoms with van der Waals surface area (Å²) in [6, 6.07) is 2.04. The SMILES string of the molecule is CNc1ncc(SC)cc1OC1CC1. The van der Waals surface area contributed by atoms with Crippen LogP contribution in [0.2, 0.25) is 0 Å². The number of nitrogens with one attached hydrogen (secondary N) is 1. The minimum Gasteiger partial charge on any atom is -0.487 e. The molecule has 2 rings (SSSR count). The molecule has 76 valence electrons. The molecule has 3 nitrogen and oxygen atoms in total. The molecule has 0 bridgehead atoms. The summed E-state index contributed by atoms with van der Waals surface area (Å²) in [6.45, 7) is 0. The molecule has 1 aliphatic carbocycles. The highest BCUT2D eigenvalue weighted by atomic mass is 32.2. The monoisotopic (exact) mass is 210 g/mol. The van der Waals surface area contributed by atoms with Crippen molar-refractivity contribution in [2.24, 2.45) is 0 Å². The van der Waals surface area contributed by atoms with Crippen molar-refractivity contribution in [1.82, 2.24) is 4.98 Å². The summed E-state index contributed by atoms with van der Waals surface area (Å²) in [5, 5.41) is 3.03. The fraction of sp³-hybridized carbons (Fsp3) is 0.500. The third-order valence-corrected chi connectivity index (χ3v) is 2.81. The maximum atomic E-state index is 5.75. The topological polar surface area (TPSA) is 34.2 Å². The molecule has 0 unspecified atom stereocenters. The van der Waals surface area contributed by atoms with Crippen LogP contribution in [0.1, 0.15) is 12.8 Å². The quantitative estimate of drug-likeness (QED) is 0.774. The van der Waals surface area contributed by atoms with Gasteiger partial charge in [0.1, 0.15) is 0 Å². The van der Waals surface area contributed by atoms with E-state index in [1.165, 1.54) is 12.8 Å². The molecule has 0 amide bonds. The van der Waals surface area contributed by atoms with E-state index in [0.717, 1.165) is 16.5 Å². The van der Waals surface area contributed by atoms with Gasteiger partial charge in [-0.3, -0.25) is 0 Å². The Kier molecular flexibility index (Phi) is 2.82. The van der Waals surface area contributed by atoms with E-state index in [2.05, 4.69) is 10.3 Å². The Morgan fingerprint density at radius 2 is 2.36 bits per heavy atom. The van der Waals surface area contributed by atoms with E-state index < -0.39 is 0 Å². The molecular formula is C10H14N2OS. The Hall–Kier alpha value is -0.900. The van der Waals surface area contributed by atoms with E-state index in [9.17, 15) is 0 Å². The number of pyridine rings is 1. The van der Waals surface area contributed by atoms with Gasteiger partial charge in [0, 0.05) is 18.1 Å². The van der Waals surface area contributed by atoms with Gasteiger partial charge in [-0.15, -0.1) is 11.8 Å². The molecule has 4 heteroatoms. The molecule has 1 N–H and O–H groups in total. The van der Waals surface area contributed by atoms with Crippen molar-refractivity contribution in [3.63, 3.8) is 0 Å². The van der Waals surface area contributed by atoms with Crippen molar-refractivity contribution < 1.29 is 4.74 Å². The van der Waals surface area contributed by atoms with Crippen LogP contribution >= 0.6 is 11.8 Å². The largest absolute Gasteiger partial charge is 0.487 e. The van der Waals surface area contributed by atoms with E-state index in [1.807, 2.05) is 25.6 Å². The molecule has 1 aromatic heterocycles. The van der Waals surface area contributed by atoms with Crippen LogP contribution in [0.15, 0.2) is 17.2 Å². The second-order valence-corrected chi connectivity index (χ2v) is 4.17. The van der Waals surface area contributed by atoms with Crippen molar-refractivity contribution in [2.45, 2.75) is 23.8 Å². The zero-order valence-corrected chi connectivity index (χ0v) is 9.23. The maximum absolute atomic E-state index is 5.75. The second kappa shape index (κ2) is 4.09. The molecule has 0 aromatic carbocycles. The first-order valence-corrected chi connectivity index (χ1v) is 5.94. The molecule has 0 radical (unpaired) electrons. The molecule has 1 heterocycles. The predicted molar refractivity (Wildman–Crippen MR) is 59.2 cm³/mol. The van der Waals surface area contributed by atoms with Gasteiger partial charge in [0.15, 0.2) is 11.6 Å². The maximum Gasteiger partial charge on any atom is 0.168 e. The number of rotatable bonds is 4. The summed E-state index contributed by atoms with van der Waals surface area (Å²) in [5.74, 6) is 1.71. The van der Waals surface area contributed by atoms with E-state index in [4.69, 9.17) is 4.74 Å². The Bertz CT molecular complexity index is 326. The molecular weight excluding hydrogens is 196 g/mol. The van der Waals surface area contributed by atoms with Crippen molar-refractivity contribution in [1.29, 1.82) is 0 Å². The lowest BCUT2D eigenvalue weighted by atomic mass is 10.4. The molecule has 0 aliphatic heterocycles. The minimum atomic E-state index is 0.418. The van der Waals surface area contributed by atoms with Crippen LogP contribution in [0.4, 0.5) is 5.82 Å². The van der Waals surface area contributed by atoms with Gasteiger partial charge in [-0.2, -0.15) is 0 Å². The highest BCUT2D eigenvalue weighted by molar-refractivity contribution is 7.98. The third kappa shape index (κ3) is 2.12. The van der Waals surface area contributed by atoms with E-state index in [-0.39, 0.29) is 0 Å². The Balaban J connectivity index is 2.21. The van der Waals surface area contributed by atoms with E-state index in [0.29, 0.717) is 6.10 Å². The molecule has 1 aromatic rings. The average Bonchev–Trinajstić information content (AvgIpc) is 3.01. The second-order valence-electron chi connectivity index (χ2n) is 3.29. The number of anilines is 1. The van der Waals surface area contributed by atoms with Crippen LogP contribution in [-0.2, 0) is 0 Å². The Morgan fingerprint density at radius 1 is 1.57 bits per heavy atom. The smallest absolute Gasteiger partial charge is 0.168 e. The van der Waals surface area contributed by atoms with Crippen LogP contribution in [0.5, 0.6) is 5.75 Å². The Labute approximate surface area is 88.3 Å². The molecule has 0 saturated heterocycles. The fourth-order valence-electron chi connectivity index (χ4n) is 1.18. The van der Waals surface area contributed by atoms with Crippen LogP contribution < -0.4 is 10.1 Å². The highest BCUT2D eigenvalue weighted by Gasteiger charge is 2.24. The number of hydrogen-bond donors (Lipinski definition) is 1. The van der Waals surface area contributed by atoms with Gasteiger partial charge < -0.3 is 10.1 Å². The Morgan fingerprint density at radius 3 is 2.93 bits per heavy atom. The fourth-order valence-corrected chi connectivity index (χ4v) is 1.56. The van der Waals surface area contributed by atoms with Crippen molar-refractivity contribution >= 4 is 17.6 Å². The summed E-state index contributed by atoms with van der Waals surface area (Å²) in [5.41, 5.74) is 0. The number of nitrogens with zero attached hydrogens (tertiary/aromatic N) is 1. The summed E-state index contributed by atoms with van der Waals surface area (Å²) < 4.78 is 5.75. The zero-order valence-electron chi connectivity index (χ0n) is 8.41. The van der Waals surface area contributed by atoms with Crippen LogP contribution in [0.3, 0.4) is 0 Å². The summed E-state index contributed by atoms with van der Waals surface area (Å²) in [6.07, 6.45) is 6.66. The van der Waals surface area contributed by atoms with Gasteiger partial charge >= 0.3 is 0 Å². The third-order valence-electron chi connectivity index (χ3n) is 2.12. The first kappa shape index (κ1) is 9.65. The van der Waals surface area contributed by atoms with Gasteiger partial charge in [0.25, 0.3) is 0 Å². The first-order valence-electron chi connectivity index (χ1n) is 4.72. The van der Waals surface area contributed by atoms with Crippen molar-refractivity contribution in [2.75, 3.05) is 18.6 Å². The number of ether oxygens (including phenoxy) is 1. The standard InChI is InChI=1S/C10H14N2OS/c1-11-10-9(13-7-3-4-7)5-8(14-2)6-12-10/h5-7H,3-4H2,1-2H3,(H,11,12). The summed E-state index contributed by atoms with van der Waals surface area (Å²) in [4.78, 5) is 5.43. The summed E-state index contributed by atoms with van der Waals surface area (Å²) in [7, 11) is 1.86.